The van der Waals surface area contributed by atoms with Crippen LogP contribution in [0.25, 0.3) is 0 Å². The summed E-state index contributed by atoms with van der Waals surface area (Å²) in [6.07, 6.45) is 3.86. The molecule has 2 heterocycles. The summed E-state index contributed by atoms with van der Waals surface area (Å²) in [5, 5.41) is 6.89. The van der Waals surface area contributed by atoms with Gasteiger partial charge < -0.3 is 15.5 Å². The molecule has 0 amide bonds. The Labute approximate surface area is 162 Å². The van der Waals surface area contributed by atoms with Crippen LogP contribution in [0.5, 0.6) is 0 Å². The fourth-order valence-electron chi connectivity index (χ4n) is 2.94. The minimum atomic E-state index is 0. The SMILES string of the molecule is CCCN1CCC(CNC(=NC)NCc2ccc(C)s2)CC1.I. The summed E-state index contributed by atoms with van der Waals surface area (Å²) in [4.78, 5) is 9.63. The molecule has 0 saturated carbocycles. The Morgan fingerprint density at radius 2 is 2.04 bits per heavy atom. The minimum Gasteiger partial charge on any atom is -0.356 e. The second-order valence-corrected chi connectivity index (χ2v) is 7.48. The normalized spacial score (nSPS) is 16.9. The molecule has 4 nitrogen and oxygen atoms in total. The van der Waals surface area contributed by atoms with E-state index in [1.807, 2.05) is 18.4 Å². The van der Waals surface area contributed by atoms with Crippen molar-refractivity contribution in [1.82, 2.24) is 15.5 Å². The third-order valence-corrected chi connectivity index (χ3v) is 5.26. The van der Waals surface area contributed by atoms with Crippen molar-refractivity contribution in [3.63, 3.8) is 0 Å². The third kappa shape index (κ3) is 7.39. The highest BCUT2D eigenvalue weighted by Crippen LogP contribution is 2.16. The lowest BCUT2D eigenvalue weighted by molar-refractivity contribution is 0.185. The molecule has 23 heavy (non-hydrogen) atoms. The molecule has 0 unspecified atom stereocenters. The molecule has 1 saturated heterocycles. The summed E-state index contributed by atoms with van der Waals surface area (Å²) in [5.74, 6) is 1.69. The highest BCUT2D eigenvalue weighted by molar-refractivity contribution is 14.0. The van der Waals surface area contributed by atoms with Crippen molar-refractivity contribution in [3.05, 3.63) is 21.9 Å². The number of piperidine rings is 1. The largest absolute Gasteiger partial charge is 0.356 e. The molecule has 1 aliphatic rings. The van der Waals surface area contributed by atoms with Gasteiger partial charge in [-0.1, -0.05) is 6.92 Å². The molecule has 0 aromatic carbocycles. The fourth-order valence-corrected chi connectivity index (χ4v) is 3.77. The van der Waals surface area contributed by atoms with Gasteiger partial charge in [0.1, 0.15) is 0 Å². The van der Waals surface area contributed by atoms with Crippen molar-refractivity contribution >= 4 is 41.3 Å². The standard InChI is InChI=1S/C17H30N4S.HI/c1-4-9-21-10-7-15(8-11-21)12-19-17(18-3)20-13-16-6-5-14(2)22-16;/h5-6,15H,4,7-13H2,1-3H3,(H2,18,19,20);1H. The number of rotatable bonds is 6. The number of nitrogens with zero attached hydrogens (tertiary/aromatic N) is 2. The lowest BCUT2D eigenvalue weighted by atomic mass is 9.97. The zero-order chi connectivity index (χ0) is 15.8. The second-order valence-electron chi connectivity index (χ2n) is 6.10. The van der Waals surface area contributed by atoms with Crippen molar-refractivity contribution in [2.24, 2.45) is 10.9 Å². The average molecular weight is 450 g/mol. The van der Waals surface area contributed by atoms with Crippen LogP contribution in [0.15, 0.2) is 17.1 Å². The molecular weight excluding hydrogens is 419 g/mol. The first kappa shape index (κ1) is 20.7. The van der Waals surface area contributed by atoms with Crippen molar-refractivity contribution in [1.29, 1.82) is 0 Å². The van der Waals surface area contributed by atoms with Gasteiger partial charge >= 0.3 is 0 Å². The van der Waals surface area contributed by atoms with E-state index < -0.39 is 0 Å². The first-order valence-electron chi connectivity index (χ1n) is 8.43. The van der Waals surface area contributed by atoms with E-state index in [9.17, 15) is 0 Å². The van der Waals surface area contributed by atoms with E-state index in [0.29, 0.717) is 0 Å². The molecule has 2 rings (SSSR count). The van der Waals surface area contributed by atoms with Crippen molar-refractivity contribution < 1.29 is 0 Å². The van der Waals surface area contributed by atoms with Gasteiger partial charge in [-0.2, -0.15) is 0 Å². The van der Waals surface area contributed by atoms with Gasteiger partial charge in [0.2, 0.25) is 0 Å². The molecule has 0 atom stereocenters. The lowest BCUT2D eigenvalue weighted by Gasteiger charge is -2.32. The van der Waals surface area contributed by atoms with Gasteiger partial charge in [0.15, 0.2) is 5.96 Å². The Bertz CT molecular complexity index is 467. The van der Waals surface area contributed by atoms with Crippen LogP contribution in [0.1, 0.15) is 35.9 Å². The van der Waals surface area contributed by atoms with E-state index >= 15 is 0 Å². The van der Waals surface area contributed by atoms with Crippen molar-refractivity contribution in [3.8, 4) is 0 Å². The number of aliphatic imine (C=N–C) groups is 1. The summed E-state index contributed by atoms with van der Waals surface area (Å²) in [7, 11) is 1.85. The lowest BCUT2D eigenvalue weighted by Crippen LogP contribution is -2.42. The molecule has 1 aromatic rings. The smallest absolute Gasteiger partial charge is 0.191 e. The monoisotopic (exact) mass is 450 g/mol. The van der Waals surface area contributed by atoms with Crippen LogP contribution in [0.2, 0.25) is 0 Å². The number of likely N-dealkylation sites (tertiary alicyclic amines) is 1. The molecule has 1 fully saturated rings. The van der Waals surface area contributed by atoms with Gasteiger partial charge in [-0.15, -0.1) is 35.3 Å². The molecule has 1 aromatic heterocycles. The van der Waals surface area contributed by atoms with Crippen molar-refractivity contribution in [2.75, 3.05) is 33.2 Å². The van der Waals surface area contributed by atoms with Gasteiger partial charge in [0.05, 0.1) is 6.54 Å². The number of halogens is 1. The maximum Gasteiger partial charge on any atom is 0.191 e. The van der Waals surface area contributed by atoms with Crippen LogP contribution < -0.4 is 10.6 Å². The number of guanidine groups is 1. The molecule has 0 spiro atoms. The fraction of sp³-hybridized carbons (Fsp3) is 0.706. The molecular formula is C17H31IN4S. The van der Waals surface area contributed by atoms with Crippen LogP contribution in [-0.4, -0.2) is 44.1 Å². The Morgan fingerprint density at radius 1 is 1.30 bits per heavy atom. The topological polar surface area (TPSA) is 39.7 Å². The van der Waals surface area contributed by atoms with Gasteiger partial charge in [-0.25, -0.2) is 0 Å². The predicted molar refractivity (Wildman–Crippen MR) is 112 cm³/mol. The molecule has 0 aliphatic carbocycles. The van der Waals surface area contributed by atoms with Gasteiger partial charge in [-0.3, -0.25) is 4.99 Å². The quantitative estimate of drug-likeness (QED) is 0.396. The van der Waals surface area contributed by atoms with E-state index in [2.05, 4.69) is 46.5 Å². The maximum atomic E-state index is 4.33. The Morgan fingerprint density at radius 3 is 2.61 bits per heavy atom. The van der Waals surface area contributed by atoms with E-state index in [0.717, 1.165) is 25.0 Å². The molecule has 0 bridgehead atoms. The Hall–Kier alpha value is -0.340. The van der Waals surface area contributed by atoms with E-state index in [-0.39, 0.29) is 24.0 Å². The second kappa shape index (κ2) is 11.3. The van der Waals surface area contributed by atoms with E-state index in [4.69, 9.17) is 0 Å². The predicted octanol–water partition coefficient (Wildman–Crippen LogP) is 3.46. The summed E-state index contributed by atoms with van der Waals surface area (Å²) >= 11 is 1.84. The zero-order valence-corrected chi connectivity index (χ0v) is 17.7. The van der Waals surface area contributed by atoms with Gasteiger partial charge in [0.25, 0.3) is 0 Å². The molecule has 6 heteroatoms. The van der Waals surface area contributed by atoms with Gasteiger partial charge in [-0.05, 0) is 63.9 Å². The van der Waals surface area contributed by atoms with Crippen molar-refractivity contribution in [2.45, 2.75) is 39.7 Å². The Kier molecular flexibility index (Phi) is 10.1. The summed E-state index contributed by atoms with van der Waals surface area (Å²) in [6, 6.07) is 4.35. The van der Waals surface area contributed by atoms with E-state index in [1.54, 1.807) is 0 Å². The number of hydrogen-bond donors (Lipinski definition) is 2. The number of hydrogen-bond acceptors (Lipinski definition) is 3. The highest BCUT2D eigenvalue weighted by atomic mass is 127. The summed E-state index contributed by atoms with van der Waals surface area (Å²) in [6.45, 7) is 10.0. The molecule has 2 N–H and O–H groups in total. The molecule has 0 radical (unpaired) electrons. The third-order valence-electron chi connectivity index (χ3n) is 4.25. The molecule has 132 valence electrons. The number of nitrogens with one attached hydrogen (secondary N) is 2. The van der Waals surface area contributed by atoms with Crippen LogP contribution >= 0.6 is 35.3 Å². The minimum absolute atomic E-state index is 0. The van der Waals surface area contributed by atoms with E-state index in [1.165, 1.54) is 48.7 Å². The Balaban J connectivity index is 0.00000264. The van der Waals surface area contributed by atoms with Crippen LogP contribution in [0.4, 0.5) is 0 Å². The first-order chi connectivity index (χ1) is 10.7. The summed E-state index contributed by atoms with van der Waals surface area (Å²) < 4.78 is 0. The summed E-state index contributed by atoms with van der Waals surface area (Å²) in [5.41, 5.74) is 0. The van der Waals surface area contributed by atoms with Crippen LogP contribution in [0.3, 0.4) is 0 Å². The highest BCUT2D eigenvalue weighted by Gasteiger charge is 2.18. The van der Waals surface area contributed by atoms with Gasteiger partial charge in [0, 0.05) is 23.3 Å². The average Bonchev–Trinajstić information content (AvgIpc) is 2.95. The van der Waals surface area contributed by atoms with Crippen LogP contribution in [0, 0.1) is 12.8 Å². The first-order valence-corrected chi connectivity index (χ1v) is 9.25. The number of aryl methyl sites for hydroxylation is 1. The number of thiophene rings is 1. The molecule has 1 aliphatic heterocycles. The zero-order valence-electron chi connectivity index (χ0n) is 14.6. The maximum absolute atomic E-state index is 4.33. The van der Waals surface area contributed by atoms with Crippen LogP contribution in [-0.2, 0) is 6.54 Å².